The molecule has 0 radical (unpaired) electrons. The van der Waals surface area contributed by atoms with Crippen LogP contribution in [0, 0.1) is 5.41 Å². The van der Waals surface area contributed by atoms with E-state index < -0.39 is 23.3 Å². The maximum atomic E-state index is 11.4. The van der Waals surface area contributed by atoms with E-state index >= 15 is 0 Å². The van der Waals surface area contributed by atoms with Crippen LogP contribution in [0.25, 0.3) is 0 Å². The molecule has 0 aliphatic carbocycles. The van der Waals surface area contributed by atoms with Crippen LogP contribution in [0.15, 0.2) is 0 Å². The second-order valence-electron chi connectivity index (χ2n) is 3.03. The van der Waals surface area contributed by atoms with Gasteiger partial charge in [0.2, 0.25) is 11.8 Å². The van der Waals surface area contributed by atoms with Crippen LogP contribution in [0.4, 0.5) is 4.79 Å². The van der Waals surface area contributed by atoms with E-state index in [9.17, 15) is 14.4 Å². The van der Waals surface area contributed by atoms with Crippen LogP contribution in [0.5, 0.6) is 0 Å². The predicted octanol–water partition coefficient (Wildman–Crippen LogP) is -0.0679. The molecule has 1 fully saturated rings. The number of nitrogens with one attached hydrogen (secondary N) is 2. The third kappa shape index (κ3) is 2.93. The van der Waals surface area contributed by atoms with Crippen molar-refractivity contribution >= 4 is 59.8 Å². The number of carbonyl (C=O) groups excluding carboxylic acids is 3. The molecule has 1 aliphatic heterocycles. The topological polar surface area (TPSA) is 75.3 Å². The molecule has 4 amide bonds. The van der Waals surface area contributed by atoms with Gasteiger partial charge in [-0.3, -0.25) is 20.2 Å². The molecule has 2 N–H and O–H groups in total. The van der Waals surface area contributed by atoms with Crippen molar-refractivity contribution in [2.75, 3.05) is 0 Å². The van der Waals surface area contributed by atoms with Gasteiger partial charge in [-0.05, 0) is 12.8 Å². The van der Waals surface area contributed by atoms with Crippen molar-refractivity contribution in [1.29, 1.82) is 0 Å². The van der Waals surface area contributed by atoms with Crippen molar-refractivity contribution in [3.63, 3.8) is 0 Å². The van der Waals surface area contributed by atoms with Gasteiger partial charge in [-0.2, -0.15) is 0 Å². The number of urea groups is 1. The first-order chi connectivity index (χ1) is 6.06. The SMILES string of the molecule is CCC1(CC)C(=O)NC(=O)NC1=O.Cl.[NaH]. The Morgan fingerprint density at radius 3 is 1.60 bits per heavy atom. The first-order valence-electron chi connectivity index (χ1n) is 4.23. The fourth-order valence-corrected chi connectivity index (χ4v) is 1.47. The van der Waals surface area contributed by atoms with Crippen LogP contribution in [0.3, 0.4) is 0 Å². The summed E-state index contributed by atoms with van der Waals surface area (Å²) >= 11 is 0. The number of barbiturate groups is 1. The van der Waals surface area contributed by atoms with E-state index in [1.54, 1.807) is 13.8 Å². The Labute approximate surface area is 116 Å². The molecule has 15 heavy (non-hydrogen) atoms. The molecule has 1 heterocycles. The van der Waals surface area contributed by atoms with Gasteiger partial charge in [-0.1, -0.05) is 13.8 Å². The molecule has 0 saturated carbocycles. The summed E-state index contributed by atoms with van der Waals surface area (Å²) in [5, 5.41) is 4.19. The van der Waals surface area contributed by atoms with Crippen LogP contribution in [-0.2, 0) is 9.59 Å². The fraction of sp³-hybridized carbons (Fsp3) is 0.625. The van der Waals surface area contributed by atoms with Crippen LogP contribution in [-0.4, -0.2) is 47.4 Å². The zero-order valence-corrected chi connectivity index (χ0v) is 8.86. The fourth-order valence-electron chi connectivity index (χ4n) is 1.47. The quantitative estimate of drug-likeness (QED) is 0.528. The third-order valence-electron chi connectivity index (χ3n) is 2.53. The first kappa shape index (κ1) is 17.3. The van der Waals surface area contributed by atoms with Gasteiger partial charge in [0.15, 0.2) is 0 Å². The summed E-state index contributed by atoms with van der Waals surface area (Å²) in [6.07, 6.45) is 0.795. The zero-order valence-electron chi connectivity index (χ0n) is 8.05. The normalized spacial score (nSPS) is 18.1. The molecule has 1 saturated heterocycles. The van der Waals surface area contributed by atoms with Crippen molar-refractivity contribution in [1.82, 2.24) is 10.6 Å². The van der Waals surface area contributed by atoms with Gasteiger partial charge in [-0.15, -0.1) is 12.4 Å². The Morgan fingerprint density at radius 1 is 1.00 bits per heavy atom. The Hall–Kier alpha value is -0.1000. The van der Waals surface area contributed by atoms with Crippen LogP contribution in [0.2, 0.25) is 0 Å². The molecule has 82 valence electrons. The van der Waals surface area contributed by atoms with Gasteiger partial charge in [-0.25, -0.2) is 4.79 Å². The summed E-state index contributed by atoms with van der Waals surface area (Å²) in [7, 11) is 0. The van der Waals surface area contributed by atoms with Crippen molar-refractivity contribution in [2.24, 2.45) is 5.41 Å². The molecule has 7 heteroatoms. The second kappa shape index (κ2) is 6.48. The monoisotopic (exact) mass is 244 g/mol. The zero-order chi connectivity index (χ0) is 10.1. The molecule has 0 aromatic carbocycles. The third-order valence-corrected chi connectivity index (χ3v) is 2.53. The molecule has 0 spiro atoms. The van der Waals surface area contributed by atoms with Gasteiger partial charge in [0.1, 0.15) is 5.41 Å². The van der Waals surface area contributed by atoms with Gasteiger partial charge < -0.3 is 0 Å². The van der Waals surface area contributed by atoms with Gasteiger partial charge in [0.05, 0.1) is 0 Å². The Bertz CT molecular complexity index is 257. The predicted molar refractivity (Wildman–Crippen MR) is 59.1 cm³/mol. The van der Waals surface area contributed by atoms with Crippen LogP contribution >= 0.6 is 12.4 Å². The summed E-state index contributed by atoms with van der Waals surface area (Å²) in [4.78, 5) is 33.6. The molecule has 0 unspecified atom stereocenters. The molecule has 5 nitrogen and oxygen atoms in total. The minimum absolute atomic E-state index is 0. The summed E-state index contributed by atoms with van der Waals surface area (Å²) in [5.74, 6) is -0.988. The minimum atomic E-state index is -1.06. The van der Waals surface area contributed by atoms with E-state index in [-0.39, 0.29) is 42.0 Å². The van der Waals surface area contributed by atoms with E-state index in [0.717, 1.165) is 0 Å². The van der Waals surface area contributed by atoms with Crippen LogP contribution in [0.1, 0.15) is 26.7 Å². The van der Waals surface area contributed by atoms with Crippen molar-refractivity contribution < 1.29 is 14.4 Å². The number of carbonyl (C=O) groups is 3. The van der Waals surface area contributed by atoms with E-state index in [1.165, 1.54) is 0 Å². The van der Waals surface area contributed by atoms with Gasteiger partial charge in [0.25, 0.3) is 0 Å². The molecule has 0 aromatic heterocycles. The van der Waals surface area contributed by atoms with Gasteiger partial charge in [0, 0.05) is 0 Å². The first-order valence-corrected chi connectivity index (χ1v) is 4.23. The number of amides is 4. The summed E-state index contributed by atoms with van der Waals surface area (Å²) in [5.41, 5.74) is -1.06. The average Bonchev–Trinajstić information content (AvgIpc) is 2.05. The summed E-state index contributed by atoms with van der Waals surface area (Å²) in [6, 6.07) is -0.729. The maximum absolute atomic E-state index is 11.4. The van der Waals surface area contributed by atoms with E-state index in [1.807, 2.05) is 0 Å². The van der Waals surface area contributed by atoms with E-state index in [4.69, 9.17) is 0 Å². The number of imide groups is 2. The number of hydrogen-bond acceptors (Lipinski definition) is 3. The number of hydrogen-bond donors (Lipinski definition) is 2. The molecule has 0 bridgehead atoms. The Balaban J connectivity index is 0. The van der Waals surface area contributed by atoms with Crippen molar-refractivity contribution in [3.05, 3.63) is 0 Å². The molecular weight excluding hydrogens is 231 g/mol. The second-order valence-corrected chi connectivity index (χ2v) is 3.03. The molecule has 0 atom stereocenters. The van der Waals surface area contributed by atoms with Gasteiger partial charge >= 0.3 is 35.6 Å². The summed E-state index contributed by atoms with van der Waals surface area (Å²) < 4.78 is 0. The van der Waals surface area contributed by atoms with Crippen molar-refractivity contribution in [3.8, 4) is 0 Å². The van der Waals surface area contributed by atoms with E-state index in [0.29, 0.717) is 12.8 Å². The summed E-state index contributed by atoms with van der Waals surface area (Å²) in [6.45, 7) is 3.50. The van der Waals surface area contributed by atoms with E-state index in [2.05, 4.69) is 10.6 Å². The average molecular weight is 245 g/mol. The Morgan fingerprint density at radius 2 is 1.33 bits per heavy atom. The molecule has 1 rings (SSSR count). The van der Waals surface area contributed by atoms with Crippen molar-refractivity contribution in [2.45, 2.75) is 26.7 Å². The number of rotatable bonds is 2. The number of halogens is 1. The molecule has 1 aliphatic rings. The standard InChI is InChI=1S/C8H12N2O3.ClH.Na.H/c1-3-8(4-2)5(11)9-7(13)10-6(8)12;;;/h3-4H2,1-2H3,(H2,9,10,11,12,13);1H;;. The van der Waals surface area contributed by atoms with Crippen LogP contribution < -0.4 is 10.6 Å². The molecule has 0 aromatic rings. The molecular formula is C8H14ClN2NaO3. The Kier molecular flexibility index (Phi) is 7.47.